The van der Waals surface area contributed by atoms with Crippen molar-refractivity contribution < 1.29 is 164 Å². The first kappa shape index (κ1) is 69.8. The van der Waals surface area contributed by atoms with Crippen molar-refractivity contribution in [2.24, 2.45) is 28.1 Å². The molecule has 0 radical (unpaired) electrons. The van der Waals surface area contributed by atoms with Gasteiger partial charge in [0.2, 0.25) is 6.29 Å². The second kappa shape index (κ2) is 27.2. The van der Waals surface area contributed by atoms with Crippen LogP contribution in [0.15, 0.2) is 12.2 Å². The van der Waals surface area contributed by atoms with Gasteiger partial charge in [0, 0.05) is 0 Å². The van der Waals surface area contributed by atoms with E-state index in [1.165, 1.54) is 0 Å². The van der Waals surface area contributed by atoms with Crippen LogP contribution in [0, 0.1) is 28.1 Å². The zero-order valence-electron chi connectivity index (χ0n) is 49.0. The van der Waals surface area contributed by atoms with Crippen LogP contribution in [0.1, 0.15) is 71.6 Å². The summed E-state index contributed by atoms with van der Waals surface area (Å²) in [6.07, 6.45) is -51.9. The first-order valence-corrected chi connectivity index (χ1v) is 30.4. The van der Waals surface area contributed by atoms with E-state index in [2.05, 4.69) is 13.5 Å². The van der Waals surface area contributed by atoms with Crippen molar-refractivity contribution in [2.75, 3.05) is 39.6 Å². The second-order valence-electron chi connectivity index (χ2n) is 26.4. The number of esters is 1. The third-order valence-electron chi connectivity index (χ3n) is 21.3. The quantitative estimate of drug-likeness (QED) is 0.0344. The molecule has 4 saturated carbocycles. The first-order valence-electron chi connectivity index (χ1n) is 30.4. The monoisotopic (exact) mass is 1290 g/mol. The molecule has 6 aliphatic heterocycles. The van der Waals surface area contributed by atoms with Crippen LogP contribution < -0.4 is 0 Å². The summed E-state index contributed by atoms with van der Waals surface area (Å²) in [6.45, 7) is 3.03. The number of carbonyl (C=O) groups is 1. The zero-order valence-corrected chi connectivity index (χ0v) is 49.0. The van der Waals surface area contributed by atoms with Gasteiger partial charge in [-0.3, -0.25) is 4.79 Å². The Morgan fingerprint density at radius 1 is 0.427 bits per heavy atom. The molecule has 6 heterocycles. The molecule has 10 rings (SSSR count). The van der Waals surface area contributed by atoms with E-state index >= 15 is 4.79 Å². The number of aliphatic hydroxyl groups is 20. The Hall–Kier alpha value is -2.03. The molecule has 33 nitrogen and oxygen atoms in total. The maximum Gasteiger partial charge on any atom is 0.314 e. The van der Waals surface area contributed by atoms with Crippen molar-refractivity contribution in [3.63, 3.8) is 0 Å². The minimum Gasteiger partial charge on any atom is -0.432 e. The summed E-state index contributed by atoms with van der Waals surface area (Å²) in [5.41, 5.74) is -3.24. The number of aliphatic hydroxyl groups excluding tert-OH is 20. The number of fused-ring (bicyclic) bond motifs is 3. The number of hydrogen-bond acceptors (Lipinski definition) is 33. The Kier molecular flexibility index (Phi) is 21.4. The van der Waals surface area contributed by atoms with Gasteiger partial charge in [0.25, 0.3) is 0 Å². The van der Waals surface area contributed by atoms with Crippen molar-refractivity contribution in [3.8, 4) is 0 Å². The van der Waals surface area contributed by atoms with Crippen LogP contribution in [0.2, 0.25) is 0 Å². The van der Waals surface area contributed by atoms with E-state index in [0.717, 1.165) is 0 Å². The van der Waals surface area contributed by atoms with E-state index in [1.54, 1.807) is 6.92 Å². The summed E-state index contributed by atoms with van der Waals surface area (Å²) in [6, 6.07) is 0. The molecule has 33 heteroatoms. The predicted molar refractivity (Wildman–Crippen MR) is 284 cm³/mol. The smallest absolute Gasteiger partial charge is 0.314 e. The number of ether oxygens (including phenoxy) is 12. The largest absolute Gasteiger partial charge is 0.432 e. The molecule has 0 aromatic carbocycles. The van der Waals surface area contributed by atoms with Gasteiger partial charge in [-0.15, -0.1) is 0 Å². The van der Waals surface area contributed by atoms with Gasteiger partial charge in [-0.1, -0.05) is 19.9 Å². The first-order chi connectivity index (χ1) is 42.1. The lowest BCUT2D eigenvalue weighted by molar-refractivity contribution is -0.400. The van der Waals surface area contributed by atoms with Crippen LogP contribution in [-0.2, 0) is 61.6 Å². The standard InChI is InChI=1S/C56H90O33/c1-19-11-55-9-5-26-53(2,7-4-8-54(26,3)52(77)88-50-44(86-48-40(75)36(71)30(65)22(14-59)80-48)42(32(67)24(16-61)82-50)84-46-38(73)34(69)28(63)20(12-57)78-46)27(55)6-10-56(19,18-55)89-51-45(87-49-41(76)37(72)31(66)23(15-60)81-49)43(33(68)25(17-62)83-51)85-47-39(74)35(70)29(64)21(13-58)79-47/h20-51,57-76H,1,4-18H2,2-3H3/t20?,21?,22?,23?,24?,25?,26?,27-,28?,29?,30?,31?,32?,33?,34?,35?,36?,37?,38?,39?,40?,41?,42?,43?,44?,45?,46?,47?,48?,49?,50?,51?,53+,54+,55+,56-/m0/s1. The van der Waals surface area contributed by atoms with E-state index in [-0.39, 0.29) is 25.2 Å². The SMILES string of the molecule is C=C1C[C@@]23CCC4[C@](C)(C(=O)OC5OC(CO)C(O)C(OC6OC(CO)C(O)C(O)C6O)C5OC5OC(CO)C(O)C(O)C5O)CCC[C@@]4(C)[C@@H]2CC[C@]1(OC1OC(CO)C(O)C(OC2OC(CO)C(O)C(O)C2O)C1OC1OC(CO)C(O)C(O)C1O)C3. The highest BCUT2D eigenvalue weighted by molar-refractivity contribution is 5.77. The fraction of sp³-hybridized carbons (Fsp3) is 0.946. The van der Waals surface area contributed by atoms with Crippen LogP contribution in [0.25, 0.3) is 0 Å². The van der Waals surface area contributed by atoms with Crippen molar-refractivity contribution in [3.05, 3.63) is 12.2 Å². The van der Waals surface area contributed by atoms with Gasteiger partial charge in [-0.25, -0.2) is 0 Å². The van der Waals surface area contributed by atoms with Crippen LogP contribution >= 0.6 is 0 Å². The average molecular weight is 1290 g/mol. The topological polar surface area (TPSA) is 532 Å². The van der Waals surface area contributed by atoms with Crippen molar-refractivity contribution in [1.29, 1.82) is 0 Å². The van der Waals surface area contributed by atoms with Gasteiger partial charge in [0.05, 0.1) is 50.7 Å². The normalized spacial score (nSPS) is 54.5. The highest BCUT2D eigenvalue weighted by Gasteiger charge is 2.70. The molecule has 0 aromatic heterocycles. The van der Waals surface area contributed by atoms with E-state index in [1.807, 2.05) is 0 Å². The minimum absolute atomic E-state index is 0.154. The van der Waals surface area contributed by atoms with Crippen molar-refractivity contribution in [2.45, 2.75) is 261 Å². The molecule has 2 bridgehead atoms. The fourth-order valence-corrected chi connectivity index (χ4v) is 16.4. The molecule has 36 atom stereocenters. The van der Waals surface area contributed by atoms with Crippen molar-refractivity contribution in [1.82, 2.24) is 0 Å². The fourth-order valence-electron chi connectivity index (χ4n) is 16.4. The van der Waals surface area contributed by atoms with E-state index in [9.17, 15) is 102 Å². The molecule has 20 N–H and O–H groups in total. The number of rotatable bonds is 18. The summed E-state index contributed by atoms with van der Waals surface area (Å²) in [5, 5.41) is 215. The second-order valence-corrected chi connectivity index (χ2v) is 26.4. The Morgan fingerprint density at radius 2 is 0.775 bits per heavy atom. The molecule has 1 spiro atoms. The van der Waals surface area contributed by atoms with E-state index in [4.69, 9.17) is 56.8 Å². The number of hydrogen-bond donors (Lipinski definition) is 20. The van der Waals surface area contributed by atoms with Gasteiger partial charge in [0.1, 0.15) is 140 Å². The average Bonchev–Trinajstić information content (AvgIpc) is 1.62. The van der Waals surface area contributed by atoms with Crippen molar-refractivity contribution >= 4 is 5.97 Å². The molecule has 0 amide bonds. The lowest BCUT2D eigenvalue weighted by Crippen LogP contribution is -2.68. The highest BCUT2D eigenvalue weighted by atomic mass is 16.8. The summed E-state index contributed by atoms with van der Waals surface area (Å²) >= 11 is 0. The van der Waals surface area contributed by atoms with Crippen LogP contribution in [0.3, 0.4) is 0 Å². The molecule has 0 aromatic rings. The summed E-state index contributed by atoms with van der Waals surface area (Å²) < 4.78 is 72.9. The zero-order chi connectivity index (χ0) is 64.7. The Morgan fingerprint density at radius 3 is 1.18 bits per heavy atom. The van der Waals surface area contributed by atoms with Crippen LogP contribution in [0.5, 0.6) is 0 Å². The molecule has 512 valence electrons. The molecule has 10 aliphatic rings. The summed E-state index contributed by atoms with van der Waals surface area (Å²) in [4.78, 5) is 15.4. The maximum atomic E-state index is 15.4. The molecular weight excluding hydrogens is 1200 g/mol. The Bertz CT molecular complexity index is 2390. The predicted octanol–water partition coefficient (Wildman–Crippen LogP) is -9.47. The van der Waals surface area contributed by atoms with Gasteiger partial charge >= 0.3 is 5.97 Å². The van der Waals surface area contributed by atoms with Crippen LogP contribution in [-0.4, -0.2) is 338 Å². The van der Waals surface area contributed by atoms with E-state index in [0.29, 0.717) is 44.1 Å². The Balaban J connectivity index is 0.921. The highest BCUT2D eigenvalue weighted by Crippen LogP contribution is 2.74. The van der Waals surface area contributed by atoms with Gasteiger partial charge in [-0.2, -0.15) is 0 Å². The maximum absolute atomic E-state index is 15.4. The molecule has 4 aliphatic carbocycles. The molecule has 31 unspecified atom stereocenters. The lowest BCUT2D eigenvalue weighted by Gasteiger charge is -2.64. The molecular formula is C56H90O33. The minimum atomic E-state index is -2.08. The molecule has 89 heavy (non-hydrogen) atoms. The third kappa shape index (κ3) is 12.3. The summed E-state index contributed by atoms with van der Waals surface area (Å²) in [5.74, 6) is -1.44. The summed E-state index contributed by atoms with van der Waals surface area (Å²) in [7, 11) is 0. The van der Waals surface area contributed by atoms with E-state index < -0.39 is 258 Å². The molecule has 10 fully saturated rings. The van der Waals surface area contributed by atoms with Gasteiger partial charge in [0.15, 0.2) is 37.6 Å². The Labute approximate surface area is 509 Å². The third-order valence-corrected chi connectivity index (χ3v) is 21.3. The van der Waals surface area contributed by atoms with Crippen LogP contribution in [0.4, 0.5) is 0 Å². The number of carbonyl (C=O) groups excluding carboxylic acids is 1. The van der Waals surface area contributed by atoms with Gasteiger partial charge < -0.3 is 159 Å². The van der Waals surface area contributed by atoms with Gasteiger partial charge in [-0.05, 0) is 86.5 Å². The lowest BCUT2D eigenvalue weighted by atomic mass is 9.41. The molecule has 6 saturated heterocycles.